The van der Waals surface area contributed by atoms with E-state index in [1.165, 1.54) is 16.3 Å². The fourth-order valence-corrected chi connectivity index (χ4v) is 7.45. The number of hydrogen-bond donors (Lipinski definition) is 2. The maximum Gasteiger partial charge on any atom is 0.313 e. The van der Waals surface area contributed by atoms with Crippen molar-refractivity contribution in [1.82, 2.24) is 14.5 Å². The van der Waals surface area contributed by atoms with Crippen LogP contribution < -0.4 is 15.8 Å². The number of methoxy groups -OCH3 is 1. The first-order valence-corrected chi connectivity index (χ1v) is 14.1. The number of nitrogens with one attached hydrogen (secondary N) is 1. The number of benzene rings is 3. The number of rotatable bonds is 8. The molecule has 204 valence electrons. The van der Waals surface area contributed by atoms with Crippen molar-refractivity contribution in [3.05, 3.63) is 71.8 Å². The predicted molar refractivity (Wildman–Crippen MR) is 145 cm³/mol. The second-order valence-electron chi connectivity index (χ2n) is 9.99. The molecule has 0 aromatic heterocycles. The van der Waals surface area contributed by atoms with Crippen LogP contribution >= 0.6 is 0 Å². The second-order valence-corrected chi connectivity index (χ2v) is 11.9. The Balaban J connectivity index is 1.37. The third kappa shape index (κ3) is 4.83. The van der Waals surface area contributed by atoms with Gasteiger partial charge >= 0.3 is 6.03 Å². The van der Waals surface area contributed by atoms with Crippen molar-refractivity contribution >= 4 is 39.0 Å². The smallest absolute Gasteiger partial charge is 0.313 e. The highest BCUT2D eigenvalue weighted by Crippen LogP contribution is 2.35. The zero-order valence-electron chi connectivity index (χ0n) is 21.5. The highest BCUT2D eigenvalue weighted by atomic mass is 32.2. The lowest BCUT2D eigenvalue weighted by Gasteiger charge is -2.43. The van der Waals surface area contributed by atoms with Crippen LogP contribution in [0, 0.1) is 5.92 Å². The quantitative estimate of drug-likeness (QED) is 0.413. The van der Waals surface area contributed by atoms with E-state index in [0.29, 0.717) is 35.8 Å². The fourth-order valence-electron chi connectivity index (χ4n) is 5.76. The van der Waals surface area contributed by atoms with Gasteiger partial charge in [-0.25, -0.2) is 13.2 Å². The molecule has 39 heavy (non-hydrogen) atoms. The first-order chi connectivity index (χ1) is 18.7. The number of nitrogens with two attached hydrogens (primary N) is 1. The van der Waals surface area contributed by atoms with Crippen LogP contribution in [-0.4, -0.2) is 68.1 Å². The lowest BCUT2D eigenvalue weighted by Crippen LogP contribution is -2.64. The molecule has 1 saturated heterocycles. The van der Waals surface area contributed by atoms with Crippen LogP contribution in [0.4, 0.5) is 4.79 Å². The third-order valence-electron chi connectivity index (χ3n) is 7.76. The molecule has 0 aliphatic carbocycles. The highest BCUT2D eigenvalue weighted by molar-refractivity contribution is 7.89. The number of sulfonamides is 1. The molecule has 3 aromatic carbocycles. The van der Waals surface area contributed by atoms with E-state index in [1.54, 1.807) is 42.5 Å². The summed E-state index contributed by atoms with van der Waals surface area (Å²) in [4.78, 5) is 39.5. The van der Waals surface area contributed by atoms with E-state index in [0.717, 1.165) is 10.9 Å². The Hall–Kier alpha value is -3.96. The summed E-state index contributed by atoms with van der Waals surface area (Å²) in [6.07, 6.45) is 1.23. The molecule has 5 rings (SSSR count). The highest BCUT2D eigenvalue weighted by Gasteiger charge is 2.46. The van der Waals surface area contributed by atoms with Gasteiger partial charge in [0.05, 0.1) is 18.6 Å². The zero-order valence-corrected chi connectivity index (χ0v) is 22.3. The first kappa shape index (κ1) is 26.6. The summed E-state index contributed by atoms with van der Waals surface area (Å²) in [6, 6.07) is 16.7. The Morgan fingerprint density at radius 3 is 2.54 bits per heavy atom. The van der Waals surface area contributed by atoms with Crippen molar-refractivity contribution in [2.75, 3.05) is 26.7 Å². The van der Waals surface area contributed by atoms with Gasteiger partial charge < -0.3 is 25.5 Å². The molecule has 0 spiro atoms. The molecule has 3 N–H and O–H groups in total. The van der Waals surface area contributed by atoms with Gasteiger partial charge in [-0.1, -0.05) is 36.4 Å². The molecular weight excluding hydrogens is 520 g/mol. The average Bonchev–Trinajstić information content (AvgIpc) is 3.25. The molecule has 2 aliphatic rings. The SMILES string of the molecule is COc1ccc2c(c1)CN(CC(C=O)(NC(N)=O)C1CCN(S(=O)(=O)c3cccc4ccccc34)CC1)C2=O. The van der Waals surface area contributed by atoms with E-state index in [1.807, 2.05) is 18.2 Å². The number of amides is 3. The van der Waals surface area contributed by atoms with Crippen LogP contribution in [-0.2, 0) is 21.4 Å². The van der Waals surface area contributed by atoms with Crippen molar-refractivity contribution in [3.63, 3.8) is 0 Å². The maximum absolute atomic E-state index is 13.6. The Kier molecular flexibility index (Phi) is 7.04. The lowest BCUT2D eigenvalue weighted by atomic mass is 9.78. The van der Waals surface area contributed by atoms with Crippen molar-refractivity contribution in [2.45, 2.75) is 29.8 Å². The summed E-state index contributed by atoms with van der Waals surface area (Å²) in [5, 5.41) is 4.07. The van der Waals surface area contributed by atoms with Crippen LogP contribution in [0.15, 0.2) is 65.6 Å². The van der Waals surface area contributed by atoms with E-state index < -0.39 is 27.5 Å². The number of piperidine rings is 1. The van der Waals surface area contributed by atoms with Gasteiger partial charge in [-0.2, -0.15) is 4.31 Å². The van der Waals surface area contributed by atoms with Gasteiger partial charge in [0.15, 0.2) is 0 Å². The molecular formula is C28H30N4O6S. The molecule has 0 saturated carbocycles. The molecule has 10 nitrogen and oxygen atoms in total. The number of carbonyl (C=O) groups is 3. The van der Waals surface area contributed by atoms with Crippen molar-refractivity contribution in [3.8, 4) is 5.75 Å². The fraction of sp³-hybridized carbons (Fsp3) is 0.321. The number of aldehydes is 1. The Labute approximate surface area is 226 Å². The molecule has 0 bridgehead atoms. The minimum Gasteiger partial charge on any atom is -0.497 e. The third-order valence-corrected chi connectivity index (χ3v) is 9.72. The topological polar surface area (TPSA) is 139 Å². The molecule has 11 heteroatoms. The Bertz CT molecular complexity index is 1550. The van der Waals surface area contributed by atoms with Gasteiger partial charge in [-0.05, 0) is 54.0 Å². The largest absolute Gasteiger partial charge is 0.497 e. The van der Waals surface area contributed by atoms with Crippen LogP contribution in [0.25, 0.3) is 10.8 Å². The minimum absolute atomic E-state index is 0.0873. The normalized spacial score (nSPS) is 18.0. The molecule has 1 fully saturated rings. The molecule has 0 radical (unpaired) electrons. The molecule has 3 aromatic rings. The van der Waals surface area contributed by atoms with E-state index in [-0.39, 0.29) is 37.0 Å². The average molecular weight is 551 g/mol. The standard InChI is InChI=1S/C28H30N4O6S/c1-38-22-9-10-24-20(15-22)16-31(26(24)34)17-28(18-33,30-27(29)35)21-11-13-32(14-12-21)39(36,37)25-8-4-6-19-5-2-3-7-23(19)25/h2-10,15,18,21H,11-14,16-17H2,1H3,(H3,29,30,35). The molecule has 1 unspecified atom stereocenters. The van der Waals surface area contributed by atoms with Crippen LogP contribution in [0.5, 0.6) is 5.75 Å². The molecule has 2 heterocycles. The van der Waals surface area contributed by atoms with E-state index in [4.69, 9.17) is 10.5 Å². The number of hydrogen-bond acceptors (Lipinski definition) is 6. The molecule has 1 atom stereocenters. The zero-order chi connectivity index (χ0) is 27.8. The van der Waals surface area contributed by atoms with Gasteiger partial charge in [0.2, 0.25) is 10.0 Å². The van der Waals surface area contributed by atoms with Crippen molar-refractivity contribution < 1.29 is 27.5 Å². The molecule has 3 amide bonds. The van der Waals surface area contributed by atoms with E-state index in [2.05, 4.69) is 5.32 Å². The number of urea groups is 1. The number of primary amides is 1. The van der Waals surface area contributed by atoms with E-state index in [9.17, 15) is 22.8 Å². The van der Waals surface area contributed by atoms with Gasteiger partial charge in [0, 0.05) is 30.6 Å². The Morgan fingerprint density at radius 2 is 1.85 bits per heavy atom. The number of fused-ring (bicyclic) bond motifs is 2. The van der Waals surface area contributed by atoms with Gasteiger partial charge in [0.1, 0.15) is 17.6 Å². The first-order valence-electron chi connectivity index (χ1n) is 12.7. The minimum atomic E-state index is -3.80. The molecule has 2 aliphatic heterocycles. The van der Waals surface area contributed by atoms with Crippen LogP contribution in [0.1, 0.15) is 28.8 Å². The summed E-state index contributed by atoms with van der Waals surface area (Å²) in [7, 11) is -2.27. The number of carbonyl (C=O) groups excluding carboxylic acids is 3. The monoisotopic (exact) mass is 550 g/mol. The van der Waals surface area contributed by atoms with Crippen molar-refractivity contribution in [1.29, 1.82) is 0 Å². The summed E-state index contributed by atoms with van der Waals surface area (Å²) in [5.41, 5.74) is 5.28. The van der Waals surface area contributed by atoms with Gasteiger partial charge in [-0.3, -0.25) is 4.79 Å². The van der Waals surface area contributed by atoms with Crippen LogP contribution in [0.2, 0.25) is 0 Å². The van der Waals surface area contributed by atoms with Crippen LogP contribution in [0.3, 0.4) is 0 Å². The summed E-state index contributed by atoms with van der Waals surface area (Å²) in [6.45, 7) is 0.459. The van der Waals surface area contributed by atoms with Crippen molar-refractivity contribution in [2.24, 2.45) is 11.7 Å². The lowest BCUT2D eigenvalue weighted by molar-refractivity contribution is -0.116. The predicted octanol–water partition coefficient (Wildman–Crippen LogP) is 2.51. The Morgan fingerprint density at radius 1 is 1.13 bits per heavy atom. The van der Waals surface area contributed by atoms with E-state index >= 15 is 0 Å². The van der Waals surface area contributed by atoms with Gasteiger partial charge in [-0.15, -0.1) is 0 Å². The number of nitrogens with zero attached hydrogens (tertiary/aromatic N) is 2. The summed E-state index contributed by atoms with van der Waals surface area (Å²) < 4.78 is 33.9. The number of ether oxygens (including phenoxy) is 1. The summed E-state index contributed by atoms with van der Waals surface area (Å²) in [5.74, 6) is -0.0891. The second kappa shape index (κ2) is 10.3. The maximum atomic E-state index is 13.6. The van der Waals surface area contributed by atoms with Gasteiger partial charge in [0.25, 0.3) is 5.91 Å². The summed E-state index contributed by atoms with van der Waals surface area (Å²) >= 11 is 0.